The van der Waals surface area contributed by atoms with E-state index in [9.17, 15) is 9.59 Å². The van der Waals surface area contributed by atoms with Crippen LogP contribution in [-0.4, -0.2) is 34.0 Å². The van der Waals surface area contributed by atoms with Crippen LogP contribution in [0.1, 0.15) is 42.6 Å². The third-order valence-electron chi connectivity index (χ3n) is 3.98. The maximum atomic E-state index is 12.0. The molecule has 2 amide bonds. The Balaban J connectivity index is 1.52. The first-order chi connectivity index (χ1) is 10.7. The van der Waals surface area contributed by atoms with Crippen LogP contribution in [0.15, 0.2) is 30.5 Å². The predicted octanol–water partition coefficient (Wildman–Crippen LogP) is 1.51. The van der Waals surface area contributed by atoms with Crippen molar-refractivity contribution in [2.24, 2.45) is 0 Å². The molecule has 22 heavy (non-hydrogen) atoms. The Kier molecular flexibility index (Phi) is 4.37. The number of amides is 2. The van der Waals surface area contributed by atoms with Gasteiger partial charge in [0.05, 0.1) is 12.1 Å². The topological polar surface area (TPSA) is 75.5 Å². The minimum Gasteiger partial charge on any atom is -0.352 e. The first kappa shape index (κ1) is 14.6. The molecule has 0 aliphatic heterocycles. The van der Waals surface area contributed by atoms with Crippen LogP contribution < -0.4 is 10.6 Å². The van der Waals surface area contributed by atoms with E-state index < -0.39 is 0 Å². The molecule has 2 aromatic heterocycles. The van der Waals surface area contributed by atoms with Crippen LogP contribution in [0.5, 0.6) is 0 Å². The van der Waals surface area contributed by atoms with Gasteiger partial charge in [0, 0.05) is 12.2 Å². The lowest BCUT2D eigenvalue weighted by Crippen LogP contribution is -2.42. The molecule has 6 heteroatoms. The van der Waals surface area contributed by atoms with E-state index in [1.54, 1.807) is 16.8 Å². The van der Waals surface area contributed by atoms with E-state index >= 15 is 0 Å². The number of nitrogens with one attached hydrogen (secondary N) is 2. The highest BCUT2D eigenvalue weighted by Crippen LogP contribution is 2.17. The maximum absolute atomic E-state index is 12.0. The molecular weight excluding hydrogens is 280 g/mol. The standard InChI is InChI=1S/C16H20N4O2/c21-15(18-12-6-2-1-3-7-12)11-17-16(22)14-10-13-8-4-5-9-20(13)19-14/h4-5,8-10,12H,1-3,6-7,11H2,(H,17,22)(H,18,21). The number of carbonyl (C=O) groups is 2. The van der Waals surface area contributed by atoms with Gasteiger partial charge in [-0.05, 0) is 31.0 Å². The third kappa shape index (κ3) is 3.44. The van der Waals surface area contributed by atoms with Crippen LogP contribution in [-0.2, 0) is 4.79 Å². The number of nitrogens with zero attached hydrogens (tertiary/aromatic N) is 2. The van der Waals surface area contributed by atoms with Crippen LogP contribution >= 0.6 is 0 Å². The normalized spacial score (nSPS) is 15.6. The molecule has 0 radical (unpaired) electrons. The van der Waals surface area contributed by atoms with Crippen LogP contribution in [0.4, 0.5) is 0 Å². The average molecular weight is 300 g/mol. The van der Waals surface area contributed by atoms with E-state index in [1.807, 2.05) is 18.2 Å². The van der Waals surface area contributed by atoms with Gasteiger partial charge in [-0.15, -0.1) is 0 Å². The quantitative estimate of drug-likeness (QED) is 0.899. The first-order valence-electron chi connectivity index (χ1n) is 7.74. The van der Waals surface area contributed by atoms with Gasteiger partial charge >= 0.3 is 0 Å². The monoisotopic (exact) mass is 300 g/mol. The van der Waals surface area contributed by atoms with Gasteiger partial charge in [-0.1, -0.05) is 25.3 Å². The molecule has 1 aliphatic rings. The van der Waals surface area contributed by atoms with Gasteiger partial charge in [-0.3, -0.25) is 9.59 Å². The van der Waals surface area contributed by atoms with Gasteiger partial charge in [0.15, 0.2) is 5.69 Å². The Morgan fingerprint density at radius 3 is 2.82 bits per heavy atom. The van der Waals surface area contributed by atoms with Crippen molar-refractivity contribution >= 4 is 17.3 Å². The summed E-state index contributed by atoms with van der Waals surface area (Å²) < 4.78 is 1.64. The second-order valence-corrected chi connectivity index (χ2v) is 5.68. The van der Waals surface area contributed by atoms with Crippen LogP contribution in [0.25, 0.3) is 5.52 Å². The number of rotatable bonds is 4. The van der Waals surface area contributed by atoms with Crippen LogP contribution in [0, 0.1) is 0 Å². The summed E-state index contributed by atoms with van der Waals surface area (Å²) in [5.41, 5.74) is 1.16. The van der Waals surface area contributed by atoms with Gasteiger partial charge in [-0.25, -0.2) is 4.52 Å². The first-order valence-corrected chi connectivity index (χ1v) is 7.74. The molecule has 0 bridgehead atoms. The summed E-state index contributed by atoms with van der Waals surface area (Å²) in [5.74, 6) is -0.466. The molecule has 0 spiro atoms. The largest absolute Gasteiger partial charge is 0.352 e. The van der Waals surface area contributed by atoms with Gasteiger partial charge < -0.3 is 10.6 Å². The fourth-order valence-corrected chi connectivity index (χ4v) is 2.83. The highest BCUT2D eigenvalue weighted by molar-refractivity contribution is 5.95. The van der Waals surface area contributed by atoms with Crippen molar-refractivity contribution in [3.63, 3.8) is 0 Å². The SMILES string of the molecule is O=C(CNC(=O)c1cc2ccccn2n1)NC1CCCCC1. The van der Waals surface area contributed by atoms with E-state index in [2.05, 4.69) is 15.7 Å². The van der Waals surface area contributed by atoms with Crippen molar-refractivity contribution < 1.29 is 9.59 Å². The number of pyridine rings is 1. The molecule has 1 fully saturated rings. The molecular formula is C16H20N4O2. The zero-order chi connectivity index (χ0) is 15.4. The van der Waals surface area contributed by atoms with Crippen molar-refractivity contribution in [3.05, 3.63) is 36.2 Å². The van der Waals surface area contributed by atoms with Crippen molar-refractivity contribution in [1.82, 2.24) is 20.2 Å². The second kappa shape index (κ2) is 6.60. The molecule has 0 aromatic carbocycles. The molecule has 1 aliphatic carbocycles. The van der Waals surface area contributed by atoms with E-state index in [0.717, 1.165) is 18.4 Å². The number of aromatic nitrogens is 2. The second-order valence-electron chi connectivity index (χ2n) is 5.68. The number of hydrogen-bond acceptors (Lipinski definition) is 3. The summed E-state index contributed by atoms with van der Waals surface area (Å²) in [7, 11) is 0. The molecule has 2 aromatic rings. The molecule has 2 N–H and O–H groups in total. The van der Waals surface area contributed by atoms with Crippen molar-refractivity contribution in [3.8, 4) is 0 Å². The number of carbonyl (C=O) groups excluding carboxylic acids is 2. The van der Waals surface area contributed by atoms with Gasteiger partial charge in [0.25, 0.3) is 5.91 Å². The van der Waals surface area contributed by atoms with E-state index in [1.165, 1.54) is 19.3 Å². The Hall–Kier alpha value is -2.37. The predicted molar refractivity (Wildman–Crippen MR) is 82.5 cm³/mol. The molecule has 0 unspecified atom stereocenters. The minimum absolute atomic E-state index is 0.0107. The van der Waals surface area contributed by atoms with E-state index in [-0.39, 0.29) is 24.4 Å². The van der Waals surface area contributed by atoms with Gasteiger partial charge in [0.1, 0.15) is 0 Å². The van der Waals surface area contributed by atoms with E-state index in [4.69, 9.17) is 0 Å². The zero-order valence-electron chi connectivity index (χ0n) is 12.4. The van der Waals surface area contributed by atoms with E-state index in [0.29, 0.717) is 5.69 Å². The minimum atomic E-state index is -0.331. The fourth-order valence-electron chi connectivity index (χ4n) is 2.83. The number of fused-ring (bicyclic) bond motifs is 1. The molecule has 3 rings (SSSR count). The van der Waals surface area contributed by atoms with Crippen molar-refractivity contribution in [2.75, 3.05) is 6.54 Å². The Bertz CT molecular complexity index is 641. The number of hydrogen-bond donors (Lipinski definition) is 2. The lowest BCUT2D eigenvalue weighted by atomic mass is 9.95. The summed E-state index contributed by atoms with van der Waals surface area (Å²) in [6, 6.07) is 7.57. The molecule has 6 nitrogen and oxygen atoms in total. The summed E-state index contributed by atoms with van der Waals surface area (Å²) in [6.07, 6.45) is 7.42. The highest BCUT2D eigenvalue weighted by atomic mass is 16.2. The molecule has 0 atom stereocenters. The molecule has 2 heterocycles. The van der Waals surface area contributed by atoms with Gasteiger partial charge in [0.2, 0.25) is 5.91 Å². The Morgan fingerprint density at radius 2 is 2.05 bits per heavy atom. The van der Waals surface area contributed by atoms with Crippen LogP contribution in [0.3, 0.4) is 0 Å². The Labute approximate surface area is 128 Å². The zero-order valence-corrected chi connectivity index (χ0v) is 12.4. The molecule has 1 saturated carbocycles. The lowest BCUT2D eigenvalue weighted by Gasteiger charge is -2.22. The average Bonchev–Trinajstić information content (AvgIpc) is 2.98. The smallest absolute Gasteiger partial charge is 0.272 e. The molecule has 116 valence electrons. The maximum Gasteiger partial charge on any atom is 0.272 e. The molecule has 0 saturated heterocycles. The highest BCUT2D eigenvalue weighted by Gasteiger charge is 2.17. The summed E-state index contributed by atoms with van der Waals surface area (Å²) in [6.45, 7) is -0.0107. The third-order valence-corrected chi connectivity index (χ3v) is 3.98. The van der Waals surface area contributed by atoms with Crippen molar-refractivity contribution in [1.29, 1.82) is 0 Å². The summed E-state index contributed by atoms with van der Waals surface area (Å²) in [4.78, 5) is 23.9. The summed E-state index contributed by atoms with van der Waals surface area (Å²) in [5, 5.41) is 9.77. The van der Waals surface area contributed by atoms with Crippen molar-refractivity contribution in [2.45, 2.75) is 38.1 Å². The fraction of sp³-hybridized carbons (Fsp3) is 0.438. The summed E-state index contributed by atoms with van der Waals surface area (Å²) >= 11 is 0. The van der Waals surface area contributed by atoms with Crippen LogP contribution in [0.2, 0.25) is 0 Å². The lowest BCUT2D eigenvalue weighted by molar-refractivity contribution is -0.121. The van der Waals surface area contributed by atoms with Gasteiger partial charge in [-0.2, -0.15) is 5.10 Å². The Morgan fingerprint density at radius 1 is 1.23 bits per heavy atom.